The normalized spacial score (nSPS) is 11.0. The van der Waals surface area contributed by atoms with E-state index in [1.54, 1.807) is 31.4 Å². The van der Waals surface area contributed by atoms with Crippen molar-refractivity contribution in [2.24, 2.45) is 0 Å². The van der Waals surface area contributed by atoms with E-state index in [1.165, 1.54) is 12.4 Å². The number of nitrogens with one attached hydrogen (secondary N) is 1. The minimum atomic E-state index is -2.84. The van der Waals surface area contributed by atoms with Crippen LogP contribution >= 0.6 is 12.3 Å². The highest BCUT2D eigenvalue weighted by atomic mass is 32.2. The molecule has 3 rings (SSSR count). The second-order valence-corrected chi connectivity index (χ2v) is 6.60. The third-order valence-electron chi connectivity index (χ3n) is 4.05. The lowest BCUT2D eigenvalue weighted by Gasteiger charge is -2.11. The summed E-state index contributed by atoms with van der Waals surface area (Å²) in [6.45, 7) is 0.0531. The minimum absolute atomic E-state index is 0.0353. The number of amides is 1. The van der Waals surface area contributed by atoms with E-state index in [2.05, 4.69) is 15.3 Å². The lowest BCUT2D eigenvalue weighted by Crippen LogP contribution is -2.14. The molecule has 3 aromatic rings. The molecule has 11 heteroatoms. The summed E-state index contributed by atoms with van der Waals surface area (Å²) in [5, 5.41) is 2.40. The molecule has 0 aliphatic heterocycles. The molecule has 0 saturated heterocycles. The Morgan fingerprint density at radius 3 is 2.63 bits per heavy atom. The van der Waals surface area contributed by atoms with E-state index in [1.807, 2.05) is 0 Å². The fourth-order valence-electron chi connectivity index (χ4n) is 2.53. The Bertz CT molecular complexity index is 999. The van der Waals surface area contributed by atoms with Crippen molar-refractivity contribution in [3.05, 3.63) is 71.4 Å². The van der Waals surface area contributed by atoms with E-state index in [0.717, 1.165) is 21.9 Å². The summed E-state index contributed by atoms with van der Waals surface area (Å²) in [5.41, 5.74) is 0.401. The van der Waals surface area contributed by atoms with Crippen LogP contribution in [0.4, 0.5) is 18.5 Å². The fraction of sp³-hybridized carbons (Fsp3) is 0.211. The van der Waals surface area contributed by atoms with Crippen LogP contribution in [0.25, 0.3) is 0 Å². The first kappa shape index (κ1) is 21.7. The summed E-state index contributed by atoms with van der Waals surface area (Å²) >= 11 is -0.100. The predicted molar refractivity (Wildman–Crippen MR) is 105 cm³/mol. The first-order chi connectivity index (χ1) is 14.5. The number of carbonyl (C=O) groups is 1. The Morgan fingerprint density at radius 2 is 2.00 bits per heavy atom. The smallest absolute Gasteiger partial charge is 0.265 e. The van der Waals surface area contributed by atoms with Crippen molar-refractivity contribution in [2.75, 3.05) is 12.4 Å². The predicted octanol–water partition coefficient (Wildman–Crippen LogP) is 4.57. The maximum absolute atomic E-state index is 13.5. The molecule has 30 heavy (non-hydrogen) atoms. The molecule has 0 atom stereocenters. The summed E-state index contributed by atoms with van der Waals surface area (Å²) in [6, 6.07) is 8.20. The van der Waals surface area contributed by atoms with Crippen LogP contribution in [-0.2, 0) is 18.0 Å². The molecule has 2 heterocycles. The van der Waals surface area contributed by atoms with Gasteiger partial charge in [0.05, 0.1) is 37.8 Å². The second-order valence-electron chi connectivity index (χ2n) is 6.04. The average Bonchev–Trinajstić information content (AvgIpc) is 3.21. The van der Waals surface area contributed by atoms with E-state index in [4.69, 9.17) is 9.47 Å². The van der Waals surface area contributed by atoms with E-state index in [-0.39, 0.29) is 42.6 Å². The molecule has 2 aromatic heterocycles. The summed E-state index contributed by atoms with van der Waals surface area (Å²) in [7, 11) is 1.56. The van der Waals surface area contributed by atoms with Gasteiger partial charge >= 0.3 is 0 Å². The largest absolute Gasteiger partial charge is 0.497 e. The van der Waals surface area contributed by atoms with Crippen molar-refractivity contribution < 1.29 is 26.9 Å². The average molecular weight is 438 g/mol. The molecule has 0 aliphatic carbocycles. The molecule has 0 spiro atoms. The van der Waals surface area contributed by atoms with Gasteiger partial charge < -0.3 is 14.8 Å². The van der Waals surface area contributed by atoms with Crippen LogP contribution in [-0.4, -0.2) is 27.0 Å². The molecule has 0 radical (unpaired) electrons. The fourth-order valence-corrected chi connectivity index (χ4v) is 2.75. The Morgan fingerprint density at radius 1 is 1.23 bits per heavy atom. The zero-order valence-corrected chi connectivity index (χ0v) is 16.5. The van der Waals surface area contributed by atoms with E-state index in [0.29, 0.717) is 5.75 Å². The zero-order chi connectivity index (χ0) is 21.5. The second kappa shape index (κ2) is 10.1. The van der Waals surface area contributed by atoms with Crippen molar-refractivity contribution >= 4 is 24.1 Å². The zero-order valence-electron chi connectivity index (χ0n) is 15.7. The number of anilines is 1. The minimum Gasteiger partial charge on any atom is -0.497 e. The monoisotopic (exact) mass is 438 g/mol. The Hall–Kier alpha value is -3.05. The highest BCUT2D eigenvalue weighted by Gasteiger charge is 2.18. The summed E-state index contributed by atoms with van der Waals surface area (Å²) in [4.78, 5) is 20.0. The number of hydrogen-bond donors (Lipinski definition) is 1. The third-order valence-corrected chi connectivity index (χ3v) is 4.41. The van der Waals surface area contributed by atoms with Gasteiger partial charge in [-0.15, -0.1) is 3.89 Å². The van der Waals surface area contributed by atoms with E-state index >= 15 is 0 Å². The summed E-state index contributed by atoms with van der Waals surface area (Å²) in [6.07, 6.45) is 0.735. The topological polar surface area (TPSA) is 78.3 Å². The molecule has 0 unspecified atom stereocenters. The quantitative estimate of drug-likeness (QED) is 0.527. The van der Waals surface area contributed by atoms with Gasteiger partial charge in [-0.2, -0.15) is 0 Å². The van der Waals surface area contributed by atoms with Gasteiger partial charge in [0.25, 0.3) is 12.3 Å². The number of carbonyl (C=O) groups excluding carboxylic acids is 1. The molecule has 1 N–H and O–H groups in total. The number of nitrogens with zero attached hydrogens (tertiary/aromatic N) is 3. The molecule has 7 nitrogen and oxygen atoms in total. The van der Waals surface area contributed by atoms with Crippen LogP contribution in [0.1, 0.15) is 33.6 Å². The van der Waals surface area contributed by atoms with Gasteiger partial charge in [0, 0.05) is 11.8 Å². The number of benzene rings is 1. The van der Waals surface area contributed by atoms with Crippen molar-refractivity contribution in [2.45, 2.75) is 19.6 Å². The Labute approximate surface area is 174 Å². The number of pyridine rings is 1. The van der Waals surface area contributed by atoms with E-state index < -0.39 is 17.9 Å². The van der Waals surface area contributed by atoms with Gasteiger partial charge in [-0.3, -0.25) is 13.8 Å². The number of halogens is 3. The van der Waals surface area contributed by atoms with Gasteiger partial charge in [-0.25, -0.2) is 13.8 Å². The van der Waals surface area contributed by atoms with Crippen LogP contribution in [0.15, 0.2) is 49.1 Å². The molecule has 0 saturated carbocycles. The number of rotatable bonds is 9. The number of imidazole rings is 1. The van der Waals surface area contributed by atoms with Crippen molar-refractivity contribution in [3.63, 3.8) is 0 Å². The lowest BCUT2D eigenvalue weighted by atomic mass is 10.1. The number of ether oxygens (including phenoxy) is 2. The van der Waals surface area contributed by atoms with Crippen LogP contribution in [0, 0.1) is 0 Å². The number of hydrogen-bond acceptors (Lipinski definition) is 6. The molecule has 0 bridgehead atoms. The summed E-state index contributed by atoms with van der Waals surface area (Å²) < 4.78 is 51.0. The van der Waals surface area contributed by atoms with Gasteiger partial charge in [-0.1, -0.05) is 12.1 Å². The van der Waals surface area contributed by atoms with E-state index in [9.17, 15) is 17.5 Å². The standard InChI is InChI=1S/C19H17F3N4O3S/c1-28-14-4-2-12(3-5-14)9-29-10-16-15(18(20)21)6-13(7-23-16)19(27)25-17-8-26(30-22)11-24-17/h2-8,11,18H,9-10H2,1H3,(H,25,27). The summed E-state index contributed by atoms with van der Waals surface area (Å²) in [5.74, 6) is 0.0874. The number of aromatic nitrogens is 3. The third kappa shape index (κ3) is 5.51. The van der Waals surface area contributed by atoms with Crippen LogP contribution in [0.3, 0.4) is 0 Å². The van der Waals surface area contributed by atoms with Crippen molar-refractivity contribution in [1.82, 2.24) is 13.9 Å². The lowest BCUT2D eigenvalue weighted by molar-refractivity contribution is 0.0965. The maximum atomic E-state index is 13.5. The Kier molecular flexibility index (Phi) is 7.31. The van der Waals surface area contributed by atoms with Gasteiger partial charge in [0.2, 0.25) is 0 Å². The van der Waals surface area contributed by atoms with Crippen molar-refractivity contribution in [1.29, 1.82) is 0 Å². The van der Waals surface area contributed by atoms with Crippen LogP contribution in [0.5, 0.6) is 5.75 Å². The van der Waals surface area contributed by atoms with Crippen LogP contribution < -0.4 is 10.1 Å². The Balaban J connectivity index is 1.65. The highest BCUT2D eigenvalue weighted by molar-refractivity contribution is 7.92. The molecule has 0 aliphatic rings. The molecule has 1 amide bonds. The van der Waals surface area contributed by atoms with Gasteiger partial charge in [-0.05, 0) is 23.8 Å². The molecular formula is C19H17F3N4O3S. The first-order valence-corrected chi connectivity index (χ1v) is 9.29. The first-order valence-electron chi connectivity index (χ1n) is 8.62. The number of alkyl halides is 2. The van der Waals surface area contributed by atoms with Gasteiger partial charge in [0.1, 0.15) is 12.1 Å². The van der Waals surface area contributed by atoms with Crippen molar-refractivity contribution in [3.8, 4) is 5.75 Å². The molecule has 1 aromatic carbocycles. The van der Waals surface area contributed by atoms with Crippen LogP contribution in [0.2, 0.25) is 0 Å². The molecule has 0 fully saturated rings. The maximum Gasteiger partial charge on any atom is 0.265 e. The molecule has 158 valence electrons. The van der Waals surface area contributed by atoms with Gasteiger partial charge in [0.15, 0.2) is 18.2 Å². The SMILES string of the molecule is COc1ccc(COCc2ncc(C(=O)Nc3cn(SF)cn3)cc2C(F)F)cc1. The highest BCUT2D eigenvalue weighted by Crippen LogP contribution is 2.24. The molecular weight excluding hydrogens is 421 g/mol. The number of methoxy groups -OCH3 is 1.